The maximum Gasteiger partial charge on any atom is 0.253 e. The van der Waals surface area contributed by atoms with Crippen molar-refractivity contribution in [2.75, 3.05) is 18.5 Å². The van der Waals surface area contributed by atoms with Gasteiger partial charge in [0.15, 0.2) is 0 Å². The topological polar surface area (TPSA) is 76.2 Å². The molecule has 2 atom stereocenters. The van der Waals surface area contributed by atoms with Gasteiger partial charge in [0, 0.05) is 18.9 Å². The Morgan fingerprint density at radius 2 is 2.09 bits per heavy atom. The summed E-state index contributed by atoms with van der Waals surface area (Å²) in [5.41, 5.74) is 2.56. The molecular weight excluding hydrogens is 282 g/mol. The van der Waals surface area contributed by atoms with Crippen molar-refractivity contribution in [2.45, 2.75) is 37.9 Å². The number of fused-ring (bicyclic) bond motifs is 1. The van der Waals surface area contributed by atoms with E-state index in [0.717, 1.165) is 54.8 Å². The number of amides is 1. The molecule has 0 spiro atoms. The zero-order valence-electron chi connectivity index (χ0n) is 12.3. The Bertz CT molecular complexity index is 685. The first-order valence-corrected chi connectivity index (χ1v) is 7.83. The Hall–Kier alpha value is -1.92. The largest absolute Gasteiger partial charge is 0.370 e. The zero-order valence-corrected chi connectivity index (χ0v) is 12.3. The molecule has 0 bridgehead atoms. The van der Waals surface area contributed by atoms with Crippen molar-refractivity contribution in [3.8, 4) is 0 Å². The molecule has 2 aromatic rings. The van der Waals surface area contributed by atoms with Gasteiger partial charge in [-0.15, -0.1) is 0 Å². The third kappa shape index (κ3) is 2.60. The number of rotatable bonds is 3. The molecule has 2 aliphatic heterocycles. The van der Waals surface area contributed by atoms with Crippen molar-refractivity contribution in [3.63, 3.8) is 0 Å². The lowest BCUT2D eigenvalue weighted by Gasteiger charge is -2.10. The van der Waals surface area contributed by atoms with E-state index in [9.17, 15) is 4.79 Å². The maximum atomic E-state index is 12.1. The molecule has 22 heavy (non-hydrogen) atoms. The van der Waals surface area contributed by atoms with Gasteiger partial charge in [-0.3, -0.25) is 4.79 Å². The Morgan fingerprint density at radius 1 is 1.23 bits per heavy atom. The Labute approximate surface area is 128 Å². The number of carbonyl (C=O) groups is 1. The molecule has 0 aliphatic carbocycles. The molecule has 2 fully saturated rings. The van der Waals surface area contributed by atoms with Crippen LogP contribution in [0.3, 0.4) is 0 Å². The first-order chi connectivity index (χ1) is 10.8. The van der Waals surface area contributed by atoms with Crippen molar-refractivity contribution >= 4 is 22.6 Å². The highest BCUT2D eigenvalue weighted by atomic mass is 16.5. The van der Waals surface area contributed by atoms with Crippen LogP contribution in [0, 0.1) is 0 Å². The molecule has 116 valence electrons. The summed E-state index contributed by atoms with van der Waals surface area (Å²) in [6, 6.07) is 5.69. The van der Waals surface area contributed by atoms with Crippen LogP contribution in [0.5, 0.6) is 0 Å². The van der Waals surface area contributed by atoms with Crippen molar-refractivity contribution in [2.24, 2.45) is 0 Å². The van der Waals surface area contributed by atoms with E-state index in [1.54, 1.807) is 0 Å². The van der Waals surface area contributed by atoms with Crippen LogP contribution in [0.4, 0.5) is 5.69 Å². The molecule has 4 rings (SSSR count). The first-order valence-electron chi connectivity index (χ1n) is 7.83. The summed E-state index contributed by atoms with van der Waals surface area (Å²) < 4.78 is 11.0. The van der Waals surface area contributed by atoms with Crippen LogP contribution in [0.25, 0.3) is 11.0 Å². The number of nitrogens with one attached hydrogen (secondary N) is 2. The van der Waals surface area contributed by atoms with Gasteiger partial charge < -0.3 is 19.8 Å². The molecule has 1 aromatic carbocycles. The van der Waals surface area contributed by atoms with Gasteiger partial charge in [-0.05, 0) is 43.9 Å². The quantitative estimate of drug-likeness (QED) is 0.913. The van der Waals surface area contributed by atoms with Gasteiger partial charge in [-0.2, -0.15) is 0 Å². The van der Waals surface area contributed by atoms with Gasteiger partial charge in [0.1, 0.15) is 18.0 Å². The van der Waals surface area contributed by atoms with Crippen LogP contribution in [0.15, 0.2) is 18.2 Å². The number of hydrogen-bond donors (Lipinski definition) is 2. The Morgan fingerprint density at radius 3 is 2.86 bits per heavy atom. The standard InChI is InChI=1S/C16H19N3O3/c20-16(14-4-2-8-22-14)17-10-5-6-11-12(9-10)19-15(18-11)13-3-1-7-21-13/h5-6,9,13-14H,1-4,7-8H2,(H,17,20)(H,18,19)/t13-,14-/m0/s1. The van der Waals surface area contributed by atoms with Gasteiger partial charge in [0.25, 0.3) is 5.91 Å². The lowest BCUT2D eigenvalue weighted by atomic mass is 10.2. The minimum atomic E-state index is -0.320. The summed E-state index contributed by atoms with van der Waals surface area (Å²) in [5.74, 6) is 0.797. The van der Waals surface area contributed by atoms with Gasteiger partial charge in [-0.1, -0.05) is 0 Å². The summed E-state index contributed by atoms with van der Waals surface area (Å²) in [7, 11) is 0. The highest BCUT2D eigenvalue weighted by molar-refractivity contribution is 5.96. The molecule has 6 heteroatoms. The maximum absolute atomic E-state index is 12.1. The minimum absolute atomic E-state index is 0.0670. The van der Waals surface area contributed by atoms with Crippen molar-refractivity contribution < 1.29 is 14.3 Å². The van der Waals surface area contributed by atoms with Crippen molar-refractivity contribution in [1.82, 2.24) is 9.97 Å². The number of nitrogens with zero attached hydrogens (tertiary/aromatic N) is 1. The van der Waals surface area contributed by atoms with E-state index >= 15 is 0 Å². The number of anilines is 1. The van der Waals surface area contributed by atoms with Crippen LogP contribution >= 0.6 is 0 Å². The molecule has 0 radical (unpaired) electrons. The number of H-pyrrole nitrogens is 1. The normalized spacial score (nSPS) is 24.9. The lowest BCUT2D eigenvalue weighted by molar-refractivity contribution is -0.124. The predicted octanol–water partition coefficient (Wildman–Crippen LogP) is 2.53. The molecule has 2 saturated heterocycles. The van der Waals surface area contributed by atoms with E-state index in [2.05, 4.69) is 15.3 Å². The van der Waals surface area contributed by atoms with Crippen molar-refractivity contribution in [1.29, 1.82) is 0 Å². The minimum Gasteiger partial charge on any atom is -0.370 e. The number of ether oxygens (including phenoxy) is 2. The average Bonchev–Trinajstić information content (AvgIpc) is 3.26. The number of benzene rings is 1. The molecule has 3 heterocycles. The van der Waals surface area contributed by atoms with E-state index in [1.165, 1.54) is 0 Å². The fraction of sp³-hybridized carbons (Fsp3) is 0.500. The fourth-order valence-electron chi connectivity index (χ4n) is 3.06. The number of imidazole rings is 1. The second-order valence-corrected chi connectivity index (χ2v) is 5.85. The van der Waals surface area contributed by atoms with E-state index in [4.69, 9.17) is 9.47 Å². The molecule has 1 aromatic heterocycles. The lowest BCUT2D eigenvalue weighted by Crippen LogP contribution is -2.26. The average molecular weight is 301 g/mol. The summed E-state index contributed by atoms with van der Waals surface area (Å²) >= 11 is 0. The van der Waals surface area contributed by atoms with Crippen LogP contribution < -0.4 is 5.32 Å². The van der Waals surface area contributed by atoms with E-state index < -0.39 is 0 Å². The molecular formula is C16H19N3O3. The van der Waals surface area contributed by atoms with Crippen LogP contribution in [-0.4, -0.2) is 35.2 Å². The van der Waals surface area contributed by atoms with Crippen LogP contribution in [0.2, 0.25) is 0 Å². The van der Waals surface area contributed by atoms with Gasteiger partial charge in [0.2, 0.25) is 0 Å². The van der Waals surface area contributed by atoms with Crippen LogP contribution in [-0.2, 0) is 14.3 Å². The van der Waals surface area contributed by atoms with E-state index in [-0.39, 0.29) is 18.1 Å². The highest BCUT2D eigenvalue weighted by Gasteiger charge is 2.24. The van der Waals surface area contributed by atoms with Crippen molar-refractivity contribution in [3.05, 3.63) is 24.0 Å². The number of carbonyl (C=O) groups excluding carboxylic acids is 1. The Balaban J connectivity index is 1.53. The third-order valence-corrected chi connectivity index (χ3v) is 4.22. The monoisotopic (exact) mass is 301 g/mol. The number of hydrogen-bond acceptors (Lipinski definition) is 4. The van der Waals surface area contributed by atoms with Crippen LogP contribution in [0.1, 0.15) is 37.6 Å². The van der Waals surface area contributed by atoms with E-state index in [1.807, 2.05) is 18.2 Å². The highest BCUT2D eigenvalue weighted by Crippen LogP contribution is 2.28. The summed E-state index contributed by atoms with van der Waals surface area (Å²) in [6.45, 7) is 1.47. The SMILES string of the molecule is O=C(Nc1ccc2nc([C@@H]3CCCO3)[nH]c2c1)[C@@H]1CCCO1. The van der Waals surface area contributed by atoms with E-state index in [0.29, 0.717) is 6.61 Å². The summed E-state index contributed by atoms with van der Waals surface area (Å²) in [4.78, 5) is 20.0. The number of aromatic nitrogens is 2. The van der Waals surface area contributed by atoms with Gasteiger partial charge in [-0.25, -0.2) is 4.98 Å². The molecule has 2 N–H and O–H groups in total. The van der Waals surface area contributed by atoms with Gasteiger partial charge >= 0.3 is 0 Å². The summed E-state index contributed by atoms with van der Waals surface area (Å²) in [5, 5.41) is 2.91. The second-order valence-electron chi connectivity index (χ2n) is 5.85. The second kappa shape index (κ2) is 5.70. The number of aromatic amines is 1. The summed E-state index contributed by atoms with van der Waals surface area (Å²) in [6.07, 6.45) is 3.56. The predicted molar refractivity (Wildman–Crippen MR) is 81.6 cm³/mol. The van der Waals surface area contributed by atoms with Gasteiger partial charge in [0.05, 0.1) is 11.0 Å². The molecule has 1 amide bonds. The molecule has 0 unspecified atom stereocenters. The fourth-order valence-corrected chi connectivity index (χ4v) is 3.06. The molecule has 2 aliphatic rings. The first kappa shape index (κ1) is 13.7. The Kier molecular flexibility index (Phi) is 3.56. The third-order valence-electron chi connectivity index (χ3n) is 4.22. The smallest absolute Gasteiger partial charge is 0.253 e. The molecule has 6 nitrogen and oxygen atoms in total. The molecule has 0 saturated carbocycles. The zero-order chi connectivity index (χ0) is 14.9.